The molecule has 1 heterocycles. The van der Waals surface area contributed by atoms with Crippen molar-refractivity contribution in [3.05, 3.63) is 35.4 Å². The topological polar surface area (TPSA) is 87.2 Å². The molecule has 31 heavy (non-hydrogen) atoms. The minimum atomic E-state index is -0.502. The molecule has 1 amide bonds. The molecule has 0 bridgehead atoms. The van der Waals surface area contributed by atoms with Crippen molar-refractivity contribution in [1.82, 2.24) is 20.9 Å². The van der Waals surface area contributed by atoms with Gasteiger partial charge in [0.25, 0.3) is 0 Å². The van der Waals surface area contributed by atoms with Gasteiger partial charge in [0, 0.05) is 32.7 Å². The number of ether oxygens (including phenoxy) is 2. The second-order valence-electron chi connectivity index (χ2n) is 8.65. The van der Waals surface area contributed by atoms with Gasteiger partial charge in [-0.25, -0.2) is 4.79 Å². The Kier molecular flexibility index (Phi) is 10.1. The lowest BCUT2D eigenvalue weighted by Crippen LogP contribution is -2.43. The zero-order valence-electron chi connectivity index (χ0n) is 19.7. The maximum Gasteiger partial charge on any atom is 0.407 e. The minimum Gasteiger partial charge on any atom is -0.444 e. The van der Waals surface area contributed by atoms with Crippen LogP contribution in [-0.4, -0.2) is 75.0 Å². The standard InChI is InChI=1S/C23H39N5O3/c1-6-24-21(25-10-11-26-22(29)31-23(3,4)5)27-17-20(28-12-14-30-15-13-28)19-9-7-8-18(2)16-19/h7-9,16,20H,6,10-15,17H2,1-5H3,(H,26,29)(H2,24,25,27). The molecule has 1 aromatic carbocycles. The molecule has 8 nitrogen and oxygen atoms in total. The van der Waals surface area contributed by atoms with Crippen molar-refractivity contribution < 1.29 is 14.3 Å². The number of hydrogen-bond acceptors (Lipinski definition) is 5. The summed E-state index contributed by atoms with van der Waals surface area (Å²) in [6.07, 6.45) is -0.414. The second kappa shape index (κ2) is 12.5. The number of aryl methyl sites for hydroxylation is 1. The number of hydrogen-bond donors (Lipinski definition) is 3. The van der Waals surface area contributed by atoms with Crippen LogP contribution in [0.25, 0.3) is 0 Å². The van der Waals surface area contributed by atoms with E-state index in [1.54, 1.807) is 0 Å². The monoisotopic (exact) mass is 433 g/mol. The number of alkyl carbamates (subject to hydrolysis) is 1. The van der Waals surface area contributed by atoms with Gasteiger partial charge in [-0.1, -0.05) is 29.8 Å². The molecule has 1 fully saturated rings. The summed E-state index contributed by atoms with van der Waals surface area (Å²) in [7, 11) is 0. The van der Waals surface area contributed by atoms with Crippen molar-refractivity contribution in [3.8, 4) is 0 Å². The third-order valence-electron chi connectivity index (χ3n) is 4.77. The fraction of sp³-hybridized carbons (Fsp3) is 0.652. The summed E-state index contributed by atoms with van der Waals surface area (Å²) in [6, 6.07) is 8.83. The van der Waals surface area contributed by atoms with Crippen LogP contribution in [0.5, 0.6) is 0 Å². The van der Waals surface area contributed by atoms with Crippen molar-refractivity contribution in [2.75, 3.05) is 52.5 Å². The summed E-state index contributed by atoms with van der Waals surface area (Å²) in [5.41, 5.74) is 2.02. The summed E-state index contributed by atoms with van der Waals surface area (Å²) in [4.78, 5) is 19.1. The van der Waals surface area contributed by atoms with E-state index in [4.69, 9.17) is 14.5 Å². The van der Waals surface area contributed by atoms with E-state index in [-0.39, 0.29) is 6.04 Å². The molecule has 1 aliphatic heterocycles. The van der Waals surface area contributed by atoms with Crippen molar-refractivity contribution >= 4 is 12.1 Å². The average molecular weight is 434 g/mol. The molecule has 1 aliphatic rings. The third-order valence-corrected chi connectivity index (χ3v) is 4.77. The number of benzene rings is 1. The van der Waals surface area contributed by atoms with E-state index < -0.39 is 11.7 Å². The predicted molar refractivity (Wildman–Crippen MR) is 125 cm³/mol. The Bertz CT molecular complexity index is 711. The van der Waals surface area contributed by atoms with E-state index in [0.717, 1.165) is 38.8 Å². The van der Waals surface area contributed by atoms with Crippen LogP contribution < -0.4 is 16.0 Å². The fourth-order valence-electron chi connectivity index (χ4n) is 3.38. The van der Waals surface area contributed by atoms with E-state index in [9.17, 15) is 4.79 Å². The molecule has 0 aliphatic carbocycles. The van der Waals surface area contributed by atoms with Gasteiger partial charge >= 0.3 is 6.09 Å². The second-order valence-corrected chi connectivity index (χ2v) is 8.65. The maximum absolute atomic E-state index is 11.8. The van der Waals surface area contributed by atoms with E-state index in [2.05, 4.69) is 52.0 Å². The first kappa shape index (κ1) is 24.9. The highest BCUT2D eigenvalue weighted by Crippen LogP contribution is 2.23. The predicted octanol–water partition coefficient (Wildman–Crippen LogP) is 2.45. The normalized spacial score (nSPS) is 16.5. The molecule has 0 radical (unpaired) electrons. The average Bonchev–Trinajstić information content (AvgIpc) is 2.71. The van der Waals surface area contributed by atoms with Crippen LogP contribution in [0.3, 0.4) is 0 Å². The highest BCUT2D eigenvalue weighted by Gasteiger charge is 2.22. The molecule has 1 saturated heterocycles. The largest absolute Gasteiger partial charge is 0.444 e. The van der Waals surface area contributed by atoms with Gasteiger partial charge < -0.3 is 25.4 Å². The molecule has 174 valence electrons. The van der Waals surface area contributed by atoms with Gasteiger partial charge in [0.2, 0.25) is 0 Å². The zero-order chi connectivity index (χ0) is 22.7. The lowest BCUT2D eigenvalue weighted by Gasteiger charge is -2.34. The van der Waals surface area contributed by atoms with Crippen molar-refractivity contribution in [2.24, 2.45) is 4.99 Å². The van der Waals surface area contributed by atoms with E-state index >= 15 is 0 Å². The van der Waals surface area contributed by atoms with Crippen molar-refractivity contribution in [1.29, 1.82) is 0 Å². The molecule has 0 aromatic heterocycles. The SMILES string of the molecule is CCNC(=NCC(c1cccc(C)c1)N1CCOCC1)NCCNC(=O)OC(C)(C)C. The Morgan fingerprint density at radius 3 is 2.55 bits per heavy atom. The molecule has 3 N–H and O–H groups in total. The van der Waals surface area contributed by atoms with Crippen LogP contribution in [0.15, 0.2) is 29.3 Å². The first-order chi connectivity index (χ1) is 14.8. The highest BCUT2D eigenvalue weighted by molar-refractivity contribution is 5.79. The lowest BCUT2D eigenvalue weighted by atomic mass is 10.0. The van der Waals surface area contributed by atoms with Gasteiger partial charge in [-0.2, -0.15) is 0 Å². The number of amides is 1. The number of morpholine rings is 1. The fourth-order valence-corrected chi connectivity index (χ4v) is 3.38. The molecule has 1 atom stereocenters. The van der Waals surface area contributed by atoms with Crippen LogP contribution in [0, 0.1) is 6.92 Å². The Morgan fingerprint density at radius 2 is 1.90 bits per heavy atom. The highest BCUT2D eigenvalue weighted by atomic mass is 16.6. The number of nitrogens with zero attached hydrogens (tertiary/aromatic N) is 2. The van der Waals surface area contributed by atoms with Crippen molar-refractivity contribution in [2.45, 2.75) is 46.3 Å². The summed E-state index contributed by atoms with van der Waals surface area (Å²) < 4.78 is 10.8. The minimum absolute atomic E-state index is 0.194. The first-order valence-electron chi connectivity index (χ1n) is 11.2. The molecule has 0 spiro atoms. The summed E-state index contributed by atoms with van der Waals surface area (Å²) in [6.45, 7) is 15.4. The smallest absolute Gasteiger partial charge is 0.407 e. The van der Waals surface area contributed by atoms with Crippen LogP contribution in [0.1, 0.15) is 44.9 Å². The van der Waals surface area contributed by atoms with Gasteiger partial charge in [-0.05, 0) is 40.2 Å². The molecule has 2 rings (SSSR count). The zero-order valence-corrected chi connectivity index (χ0v) is 19.7. The summed E-state index contributed by atoms with van der Waals surface area (Å²) >= 11 is 0. The molecular formula is C23H39N5O3. The molecule has 1 unspecified atom stereocenters. The Balaban J connectivity index is 1.96. The van der Waals surface area contributed by atoms with Crippen LogP contribution in [-0.2, 0) is 9.47 Å². The number of aliphatic imine (C=N–C) groups is 1. The maximum atomic E-state index is 11.8. The number of guanidine groups is 1. The van der Waals surface area contributed by atoms with Gasteiger partial charge in [0.15, 0.2) is 5.96 Å². The number of carbonyl (C=O) groups is 1. The third kappa shape index (κ3) is 9.57. The van der Waals surface area contributed by atoms with E-state index in [1.807, 2.05) is 27.7 Å². The number of rotatable bonds is 8. The van der Waals surface area contributed by atoms with Gasteiger partial charge in [0.1, 0.15) is 5.60 Å². The van der Waals surface area contributed by atoms with Crippen molar-refractivity contribution in [3.63, 3.8) is 0 Å². The summed E-state index contributed by atoms with van der Waals surface area (Å²) in [5.74, 6) is 0.736. The number of carbonyl (C=O) groups excluding carboxylic acids is 1. The van der Waals surface area contributed by atoms with Crippen LogP contribution >= 0.6 is 0 Å². The van der Waals surface area contributed by atoms with Gasteiger partial charge in [0.05, 0.1) is 25.8 Å². The molecule has 8 heteroatoms. The van der Waals surface area contributed by atoms with Crippen LogP contribution in [0.2, 0.25) is 0 Å². The van der Waals surface area contributed by atoms with Gasteiger partial charge in [-0.15, -0.1) is 0 Å². The van der Waals surface area contributed by atoms with E-state index in [0.29, 0.717) is 19.6 Å². The van der Waals surface area contributed by atoms with Gasteiger partial charge in [-0.3, -0.25) is 9.89 Å². The Hall–Kier alpha value is -2.32. The summed E-state index contributed by atoms with van der Waals surface area (Å²) in [5, 5.41) is 9.32. The molecule has 1 aromatic rings. The first-order valence-corrected chi connectivity index (χ1v) is 11.2. The lowest BCUT2D eigenvalue weighted by molar-refractivity contribution is 0.0179. The number of nitrogens with one attached hydrogen (secondary N) is 3. The Labute approximate surface area is 186 Å². The molecule has 0 saturated carbocycles. The molecular weight excluding hydrogens is 394 g/mol. The van der Waals surface area contributed by atoms with Crippen LogP contribution in [0.4, 0.5) is 4.79 Å². The Morgan fingerprint density at radius 1 is 1.19 bits per heavy atom. The van der Waals surface area contributed by atoms with E-state index in [1.165, 1.54) is 11.1 Å². The quantitative estimate of drug-likeness (QED) is 0.332.